The maximum absolute atomic E-state index is 12.8. The highest BCUT2D eigenvalue weighted by Crippen LogP contribution is 2.39. The third-order valence-electron chi connectivity index (χ3n) is 6.05. The van der Waals surface area contributed by atoms with Crippen molar-refractivity contribution in [3.05, 3.63) is 0 Å². The summed E-state index contributed by atoms with van der Waals surface area (Å²) in [5.41, 5.74) is 0. The highest BCUT2D eigenvalue weighted by Gasteiger charge is 2.46. The van der Waals surface area contributed by atoms with Gasteiger partial charge in [-0.3, -0.25) is 14.5 Å². The number of likely N-dealkylation sites (tertiary alicyclic amines) is 2. The zero-order valence-corrected chi connectivity index (χ0v) is 14.4. The molecule has 2 aliphatic heterocycles. The Morgan fingerprint density at radius 2 is 1.70 bits per heavy atom. The van der Waals surface area contributed by atoms with Crippen molar-refractivity contribution in [3.8, 4) is 0 Å². The molecule has 0 unspecified atom stereocenters. The number of nitrogens with zero attached hydrogens (tertiary/aromatic N) is 2. The third kappa shape index (κ3) is 3.54. The first kappa shape index (κ1) is 16.7. The molecule has 1 saturated carbocycles. The van der Waals surface area contributed by atoms with Crippen LogP contribution in [0, 0.1) is 17.8 Å². The molecule has 1 amide bonds. The summed E-state index contributed by atoms with van der Waals surface area (Å²) in [6, 6.07) is -0.167. The molecule has 3 rings (SSSR count). The number of amides is 1. The first-order valence-electron chi connectivity index (χ1n) is 9.22. The Morgan fingerprint density at radius 3 is 2.35 bits per heavy atom. The van der Waals surface area contributed by atoms with E-state index in [0.717, 1.165) is 38.8 Å². The molecule has 5 heteroatoms. The number of fused-ring (bicyclic) bond motifs is 1. The van der Waals surface area contributed by atoms with Crippen molar-refractivity contribution in [3.63, 3.8) is 0 Å². The van der Waals surface area contributed by atoms with Crippen molar-refractivity contribution < 1.29 is 14.7 Å². The number of carbonyl (C=O) groups is 2. The molecule has 23 heavy (non-hydrogen) atoms. The number of hydrogen-bond acceptors (Lipinski definition) is 3. The number of rotatable bonds is 3. The highest BCUT2D eigenvalue weighted by atomic mass is 16.4. The summed E-state index contributed by atoms with van der Waals surface area (Å²) in [5.74, 6) is 0.920. The smallest absolute Gasteiger partial charge is 0.320 e. The predicted octanol–water partition coefficient (Wildman–Crippen LogP) is 2.21. The zero-order chi connectivity index (χ0) is 16.6. The molecule has 3 fully saturated rings. The first-order chi connectivity index (χ1) is 11.0. The predicted molar refractivity (Wildman–Crippen MR) is 88.0 cm³/mol. The molecule has 1 N–H and O–H groups in total. The molecule has 5 nitrogen and oxygen atoms in total. The maximum atomic E-state index is 12.8. The molecule has 130 valence electrons. The van der Waals surface area contributed by atoms with Crippen LogP contribution < -0.4 is 0 Å². The molecule has 0 aromatic rings. The van der Waals surface area contributed by atoms with Crippen LogP contribution in [0.4, 0.5) is 0 Å². The summed E-state index contributed by atoms with van der Waals surface area (Å²) in [6.45, 7) is 6.33. The van der Waals surface area contributed by atoms with E-state index in [1.165, 1.54) is 12.8 Å². The Morgan fingerprint density at radius 1 is 1.04 bits per heavy atom. The van der Waals surface area contributed by atoms with Crippen LogP contribution in [0.25, 0.3) is 0 Å². The number of carboxylic acid groups (broad SMARTS) is 1. The first-order valence-corrected chi connectivity index (χ1v) is 9.22. The second-order valence-corrected chi connectivity index (χ2v) is 8.12. The molecule has 0 radical (unpaired) electrons. The fraction of sp³-hybridized carbons (Fsp3) is 0.889. The van der Waals surface area contributed by atoms with Gasteiger partial charge >= 0.3 is 5.97 Å². The van der Waals surface area contributed by atoms with Gasteiger partial charge in [-0.25, -0.2) is 0 Å². The molecule has 5 atom stereocenters. The average molecular weight is 322 g/mol. The number of aliphatic carboxylic acids is 1. The molecular formula is C18H30N2O3. The van der Waals surface area contributed by atoms with Gasteiger partial charge in [0.1, 0.15) is 6.04 Å². The largest absolute Gasteiger partial charge is 0.480 e. The lowest BCUT2D eigenvalue weighted by Crippen LogP contribution is -2.51. The number of carbonyl (C=O) groups excluding carboxylic acids is 1. The van der Waals surface area contributed by atoms with E-state index >= 15 is 0 Å². The van der Waals surface area contributed by atoms with Gasteiger partial charge in [0.25, 0.3) is 0 Å². The standard InChI is InChI=1S/C18H30N2O3/c1-12-7-13(2)10-19(9-12)17(21)11-20-15-6-4-3-5-14(15)8-16(20)18(22)23/h12-16H,3-11H2,1-2H3,(H,22,23)/t12-,13+,14-,15-,16-/m0/s1. The second kappa shape index (κ2) is 6.80. The summed E-state index contributed by atoms with van der Waals surface area (Å²) >= 11 is 0. The molecule has 1 aliphatic carbocycles. The maximum Gasteiger partial charge on any atom is 0.320 e. The number of piperidine rings is 1. The van der Waals surface area contributed by atoms with Crippen LogP contribution in [-0.4, -0.2) is 58.5 Å². The lowest BCUT2D eigenvalue weighted by atomic mass is 9.85. The van der Waals surface area contributed by atoms with Crippen LogP contribution in [0.15, 0.2) is 0 Å². The van der Waals surface area contributed by atoms with Crippen molar-refractivity contribution >= 4 is 11.9 Å². The molecule has 0 aromatic heterocycles. The van der Waals surface area contributed by atoms with E-state index in [4.69, 9.17) is 0 Å². The van der Waals surface area contributed by atoms with Gasteiger partial charge in [0, 0.05) is 19.1 Å². The van der Waals surface area contributed by atoms with Crippen LogP contribution in [0.5, 0.6) is 0 Å². The minimum Gasteiger partial charge on any atom is -0.480 e. The lowest BCUT2D eigenvalue weighted by molar-refractivity contribution is -0.144. The Balaban J connectivity index is 1.68. The molecule has 2 saturated heterocycles. The van der Waals surface area contributed by atoms with Gasteiger partial charge < -0.3 is 10.0 Å². The quantitative estimate of drug-likeness (QED) is 0.865. The highest BCUT2D eigenvalue weighted by molar-refractivity contribution is 5.80. The van der Waals surface area contributed by atoms with Crippen molar-refractivity contribution in [1.29, 1.82) is 0 Å². The lowest BCUT2D eigenvalue weighted by Gasteiger charge is -2.38. The zero-order valence-electron chi connectivity index (χ0n) is 14.4. The van der Waals surface area contributed by atoms with Crippen LogP contribution >= 0.6 is 0 Å². The van der Waals surface area contributed by atoms with Gasteiger partial charge in [-0.15, -0.1) is 0 Å². The van der Waals surface area contributed by atoms with Crippen LogP contribution in [0.1, 0.15) is 52.4 Å². The normalized spacial score (nSPS) is 38.3. The number of carboxylic acids is 1. The van der Waals surface area contributed by atoms with Crippen molar-refractivity contribution in [2.75, 3.05) is 19.6 Å². The summed E-state index contributed by atoms with van der Waals surface area (Å²) in [6.07, 6.45) is 6.44. The molecule has 0 bridgehead atoms. The minimum absolute atomic E-state index is 0.126. The summed E-state index contributed by atoms with van der Waals surface area (Å²) in [7, 11) is 0. The third-order valence-corrected chi connectivity index (χ3v) is 6.05. The molecular weight excluding hydrogens is 292 g/mol. The monoisotopic (exact) mass is 322 g/mol. The number of hydrogen-bond donors (Lipinski definition) is 1. The van der Waals surface area contributed by atoms with E-state index in [1.54, 1.807) is 0 Å². The SMILES string of the molecule is C[C@@H]1C[C@H](C)CN(C(=O)CN2[C@H](C(=O)O)C[C@@H]3CCCC[C@@H]32)C1. The van der Waals surface area contributed by atoms with Gasteiger partial charge in [0.15, 0.2) is 0 Å². The van der Waals surface area contributed by atoms with E-state index < -0.39 is 12.0 Å². The van der Waals surface area contributed by atoms with E-state index in [0.29, 0.717) is 23.8 Å². The van der Waals surface area contributed by atoms with Gasteiger partial charge in [-0.2, -0.15) is 0 Å². The van der Waals surface area contributed by atoms with Crippen LogP contribution in [0.2, 0.25) is 0 Å². The molecule has 3 aliphatic rings. The fourth-order valence-electron chi connectivity index (χ4n) is 5.15. The molecule has 0 aromatic carbocycles. The van der Waals surface area contributed by atoms with Gasteiger partial charge in [-0.1, -0.05) is 26.7 Å². The van der Waals surface area contributed by atoms with Gasteiger partial charge in [0.2, 0.25) is 5.91 Å². The minimum atomic E-state index is -0.757. The van der Waals surface area contributed by atoms with Gasteiger partial charge in [0.05, 0.1) is 6.54 Å². The van der Waals surface area contributed by atoms with Crippen LogP contribution in [0.3, 0.4) is 0 Å². The second-order valence-electron chi connectivity index (χ2n) is 8.12. The van der Waals surface area contributed by atoms with Crippen molar-refractivity contribution in [1.82, 2.24) is 9.80 Å². The summed E-state index contributed by atoms with van der Waals surface area (Å²) < 4.78 is 0. The topological polar surface area (TPSA) is 60.9 Å². The fourth-order valence-corrected chi connectivity index (χ4v) is 5.15. The van der Waals surface area contributed by atoms with Crippen molar-refractivity contribution in [2.45, 2.75) is 64.5 Å². The molecule has 2 heterocycles. The van der Waals surface area contributed by atoms with Crippen LogP contribution in [-0.2, 0) is 9.59 Å². The Bertz CT molecular complexity index is 457. The Labute approximate surface area is 139 Å². The summed E-state index contributed by atoms with van der Waals surface area (Å²) in [5, 5.41) is 9.57. The molecule has 0 spiro atoms. The summed E-state index contributed by atoms with van der Waals surface area (Å²) in [4.78, 5) is 28.4. The van der Waals surface area contributed by atoms with E-state index in [9.17, 15) is 14.7 Å². The van der Waals surface area contributed by atoms with E-state index in [2.05, 4.69) is 13.8 Å². The van der Waals surface area contributed by atoms with Gasteiger partial charge in [-0.05, 0) is 43.4 Å². The van der Waals surface area contributed by atoms with E-state index in [1.807, 2.05) is 9.80 Å². The van der Waals surface area contributed by atoms with E-state index in [-0.39, 0.29) is 12.5 Å². The van der Waals surface area contributed by atoms with Crippen molar-refractivity contribution in [2.24, 2.45) is 17.8 Å². The average Bonchev–Trinajstić information content (AvgIpc) is 2.85. The Kier molecular flexibility index (Phi) is 4.95. The Hall–Kier alpha value is -1.10.